The van der Waals surface area contributed by atoms with Crippen molar-refractivity contribution in [3.63, 3.8) is 0 Å². The molecule has 0 aromatic carbocycles. The summed E-state index contributed by atoms with van der Waals surface area (Å²) >= 11 is 0. The molecule has 0 unspecified atom stereocenters. The van der Waals surface area contributed by atoms with Crippen molar-refractivity contribution in [3.8, 4) is 11.3 Å². The molecule has 3 aromatic heterocycles. The van der Waals surface area contributed by atoms with E-state index in [1.165, 1.54) is 32.1 Å². The zero-order chi connectivity index (χ0) is 21.9. The first-order chi connectivity index (χ1) is 15.7. The van der Waals surface area contributed by atoms with Gasteiger partial charge in [-0.15, -0.1) is 0 Å². The molecule has 0 amide bonds. The van der Waals surface area contributed by atoms with E-state index in [1.807, 2.05) is 24.5 Å². The highest BCUT2D eigenvalue weighted by Gasteiger charge is 2.26. The first-order valence-corrected chi connectivity index (χ1v) is 11.6. The van der Waals surface area contributed by atoms with Crippen LogP contribution in [0.4, 0.5) is 11.6 Å². The molecule has 1 saturated carbocycles. The zero-order valence-electron chi connectivity index (χ0n) is 18.2. The topological polar surface area (TPSA) is 91.2 Å². The number of hydrogen-bond donors (Lipinski definition) is 2. The van der Waals surface area contributed by atoms with E-state index in [0.717, 1.165) is 33.7 Å². The van der Waals surface area contributed by atoms with Crippen molar-refractivity contribution in [1.29, 1.82) is 0 Å². The number of fused-ring (bicyclic) bond motifs is 1. The molecule has 2 fully saturated rings. The van der Waals surface area contributed by atoms with Crippen LogP contribution in [0.5, 0.6) is 0 Å². The maximum Gasteiger partial charge on any atom is 0.306 e. The summed E-state index contributed by atoms with van der Waals surface area (Å²) in [6, 6.07) is 8.64. The zero-order valence-corrected chi connectivity index (χ0v) is 18.2. The molecule has 3 aromatic rings. The lowest BCUT2D eigenvalue weighted by Crippen LogP contribution is -2.36. The molecule has 7 nitrogen and oxygen atoms in total. The van der Waals surface area contributed by atoms with E-state index in [0.29, 0.717) is 32.0 Å². The van der Waals surface area contributed by atoms with Gasteiger partial charge in [0.05, 0.1) is 11.6 Å². The maximum absolute atomic E-state index is 11.4. The first kappa shape index (κ1) is 20.7. The Labute approximate surface area is 187 Å². The third-order valence-corrected chi connectivity index (χ3v) is 6.77. The predicted molar refractivity (Wildman–Crippen MR) is 126 cm³/mol. The largest absolute Gasteiger partial charge is 0.481 e. The fourth-order valence-electron chi connectivity index (χ4n) is 4.93. The number of anilines is 2. The van der Waals surface area contributed by atoms with Crippen molar-refractivity contribution in [2.24, 2.45) is 5.92 Å². The van der Waals surface area contributed by atoms with Crippen molar-refractivity contribution in [2.75, 3.05) is 23.3 Å². The number of rotatable bonds is 5. The molecule has 0 spiro atoms. The fraction of sp³-hybridized carbons (Fsp3) is 0.440. The van der Waals surface area contributed by atoms with Gasteiger partial charge in [0.1, 0.15) is 11.6 Å². The number of hydrogen-bond acceptors (Lipinski definition) is 6. The van der Waals surface area contributed by atoms with Crippen LogP contribution in [0, 0.1) is 5.92 Å². The Morgan fingerprint density at radius 3 is 2.62 bits per heavy atom. The lowest BCUT2D eigenvalue weighted by molar-refractivity contribution is -0.142. The van der Waals surface area contributed by atoms with Gasteiger partial charge in [0.2, 0.25) is 0 Å². The number of nitrogens with one attached hydrogen (secondary N) is 1. The van der Waals surface area contributed by atoms with Crippen LogP contribution >= 0.6 is 0 Å². The van der Waals surface area contributed by atoms with Crippen LogP contribution in [0.2, 0.25) is 0 Å². The highest BCUT2D eigenvalue weighted by atomic mass is 16.4. The van der Waals surface area contributed by atoms with Gasteiger partial charge in [-0.1, -0.05) is 19.3 Å². The first-order valence-electron chi connectivity index (χ1n) is 11.6. The highest BCUT2D eigenvalue weighted by molar-refractivity contribution is 5.94. The number of nitrogens with zero attached hydrogens (tertiary/aromatic N) is 4. The van der Waals surface area contributed by atoms with E-state index in [2.05, 4.69) is 32.3 Å². The quantitative estimate of drug-likeness (QED) is 0.603. The highest BCUT2D eigenvalue weighted by Crippen LogP contribution is 2.33. The van der Waals surface area contributed by atoms with E-state index in [9.17, 15) is 9.90 Å². The number of aromatic nitrogens is 3. The molecule has 166 valence electrons. The monoisotopic (exact) mass is 431 g/mol. The predicted octanol–water partition coefficient (Wildman–Crippen LogP) is 4.74. The number of carbonyl (C=O) groups is 1. The molecule has 2 aliphatic rings. The molecule has 0 bridgehead atoms. The lowest BCUT2D eigenvalue weighted by atomic mass is 9.95. The van der Waals surface area contributed by atoms with Crippen molar-refractivity contribution < 1.29 is 9.90 Å². The Balaban J connectivity index is 1.46. The summed E-state index contributed by atoms with van der Waals surface area (Å²) in [7, 11) is 0. The second kappa shape index (κ2) is 9.10. The van der Waals surface area contributed by atoms with Crippen LogP contribution in [-0.4, -0.2) is 45.2 Å². The van der Waals surface area contributed by atoms with Gasteiger partial charge in [-0.2, -0.15) is 0 Å². The summed E-state index contributed by atoms with van der Waals surface area (Å²) < 4.78 is 0. The number of carboxylic acid groups (broad SMARTS) is 1. The van der Waals surface area contributed by atoms with Crippen LogP contribution in [0.3, 0.4) is 0 Å². The molecule has 4 heterocycles. The minimum atomic E-state index is -0.699. The molecule has 7 heteroatoms. The van der Waals surface area contributed by atoms with Crippen molar-refractivity contribution >= 4 is 28.4 Å². The van der Waals surface area contributed by atoms with Crippen LogP contribution in [0.25, 0.3) is 22.0 Å². The fourth-order valence-corrected chi connectivity index (χ4v) is 4.93. The number of aliphatic carboxylic acids is 1. The summed E-state index contributed by atoms with van der Waals surface area (Å²) in [5.74, 6) is 0.833. The van der Waals surface area contributed by atoms with E-state index in [-0.39, 0.29) is 5.92 Å². The molecule has 0 radical (unpaired) electrons. The minimum absolute atomic E-state index is 0.268. The lowest BCUT2D eigenvalue weighted by Gasteiger charge is -2.32. The minimum Gasteiger partial charge on any atom is -0.481 e. The molecule has 1 aliphatic carbocycles. The molecular weight excluding hydrogens is 402 g/mol. The summed E-state index contributed by atoms with van der Waals surface area (Å²) in [4.78, 5) is 27.5. The van der Waals surface area contributed by atoms with E-state index < -0.39 is 5.97 Å². The Kier molecular flexibility index (Phi) is 5.88. The van der Waals surface area contributed by atoms with Gasteiger partial charge in [-0.3, -0.25) is 9.78 Å². The smallest absolute Gasteiger partial charge is 0.306 e. The molecular formula is C25H29N5O2. The van der Waals surface area contributed by atoms with Crippen LogP contribution in [-0.2, 0) is 4.79 Å². The second-order valence-electron chi connectivity index (χ2n) is 8.94. The van der Waals surface area contributed by atoms with Crippen molar-refractivity contribution in [1.82, 2.24) is 15.0 Å². The van der Waals surface area contributed by atoms with E-state index in [4.69, 9.17) is 4.98 Å². The van der Waals surface area contributed by atoms with Crippen LogP contribution in [0.1, 0.15) is 44.9 Å². The van der Waals surface area contributed by atoms with Gasteiger partial charge in [0, 0.05) is 54.1 Å². The molecule has 5 rings (SSSR count). The SMILES string of the molecule is O=C(O)C1CCN(c2nc(-c3ccnc(NC4CCCCC4)c3)cc3cnccc23)CC1. The van der Waals surface area contributed by atoms with Crippen molar-refractivity contribution in [2.45, 2.75) is 51.0 Å². The summed E-state index contributed by atoms with van der Waals surface area (Å²) in [5.41, 5.74) is 1.90. The number of carboxylic acids is 1. The van der Waals surface area contributed by atoms with Crippen LogP contribution < -0.4 is 10.2 Å². The third-order valence-electron chi connectivity index (χ3n) is 6.77. The maximum atomic E-state index is 11.4. The second-order valence-corrected chi connectivity index (χ2v) is 8.94. The van der Waals surface area contributed by atoms with Gasteiger partial charge < -0.3 is 15.3 Å². The Morgan fingerprint density at radius 1 is 1.03 bits per heavy atom. The van der Waals surface area contributed by atoms with E-state index in [1.54, 1.807) is 6.20 Å². The Hall–Kier alpha value is -3.22. The average Bonchev–Trinajstić information content (AvgIpc) is 2.84. The van der Waals surface area contributed by atoms with Gasteiger partial charge in [-0.25, -0.2) is 9.97 Å². The Morgan fingerprint density at radius 2 is 1.84 bits per heavy atom. The number of pyridine rings is 3. The summed E-state index contributed by atoms with van der Waals surface area (Å²) in [6.45, 7) is 1.38. The summed E-state index contributed by atoms with van der Waals surface area (Å²) in [6.07, 6.45) is 13.0. The number of piperidine rings is 1. The van der Waals surface area contributed by atoms with Gasteiger partial charge in [0.15, 0.2) is 0 Å². The summed E-state index contributed by atoms with van der Waals surface area (Å²) in [5, 5.41) is 15.0. The average molecular weight is 432 g/mol. The van der Waals surface area contributed by atoms with Gasteiger partial charge in [0.25, 0.3) is 0 Å². The van der Waals surface area contributed by atoms with Crippen LogP contribution in [0.15, 0.2) is 42.9 Å². The molecule has 1 saturated heterocycles. The van der Waals surface area contributed by atoms with Crippen molar-refractivity contribution in [3.05, 3.63) is 42.9 Å². The molecule has 2 N–H and O–H groups in total. The van der Waals surface area contributed by atoms with E-state index >= 15 is 0 Å². The normalized spacial score (nSPS) is 18.1. The van der Waals surface area contributed by atoms with Gasteiger partial charge in [-0.05, 0) is 49.9 Å². The molecule has 1 aliphatic heterocycles. The molecule has 0 atom stereocenters. The Bertz CT molecular complexity index is 1100. The third kappa shape index (κ3) is 4.38. The standard InChI is InChI=1S/C25H29N5O2/c31-25(32)17-8-12-30(13-9-17)24-21-7-10-26-16-19(21)14-22(29-24)18-6-11-27-23(15-18)28-20-4-2-1-3-5-20/h6-7,10-11,14-17,20H,1-5,8-9,12-13H2,(H,27,28)(H,31,32). The van der Waals surface area contributed by atoms with Gasteiger partial charge >= 0.3 is 5.97 Å². The molecule has 32 heavy (non-hydrogen) atoms.